The molecule has 2 amide bonds. The maximum atomic E-state index is 13.2. The number of aryl methyl sites for hydroxylation is 1. The molecule has 11 nitrogen and oxygen atoms in total. The summed E-state index contributed by atoms with van der Waals surface area (Å²) in [6, 6.07) is 7.05. The summed E-state index contributed by atoms with van der Waals surface area (Å²) in [6.07, 6.45) is 5.35. The number of nitrogens with one attached hydrogen (secondary N) is 3. The number of carboxylic acid groups (broad SMARTS) is 1. The van der Waals surface area contributed by atoms with Gasteiger partial charge in [-0.2, -0.15) is 5.10 Å². The number of anilines is 1. The van der Waals surface area contributed by atoms with Crippen molar-refractivity contribution in [3.05, 3.63) is 70.2 Å². The van der Waals surface area contributed by atoms with Crippen LogP contribution in [0, 0.1) is 0 Å². The van der Waals surface area contributed by atoms with E-state index in [0.717, 1.165) is 16.8 Å². The van der Waals surface area contributed by atoms with Crippen LogP contribution in [0.2, 0.25) is 0 Å². The zero-order valence-corrected chi connectivity index (χ0v) is 16.5. The van der Waals surface area contributed by atoms with Crippen molar-refractivity contribution in [2.45, 2.75) is 17.9 Å². The second kappa shape index (κ2) is 7.59. The van der Waals surface area contributed by atoms with Crippen molar-refractivity contribution in [1.29, 1.82) is 0 Å². The van der Waals surface area contributed by atoms with Gasteiger partial charge in [-0.3, -0.25) is 19.1 Å². The number of rotatable bonds is 2. The molecule has 4 heterocycles. The average molecular weight is 424 g/mol. The number of nitrogens with zero attached hydrogens (tertiary/aromatic N) is 3. The first-order chi connectivity index (χ1) is 14.9. The molecule has 2 aliphatic rings. The van der Waals surface area contributed by atoms with Gasteiger partial charge >= 0.3 is 5.69 Å². The molecule has 3 aromatic rings. The number of aromatic nitrogens is 4. The number of para-hydroxylation sites is 1. The number of imidazole rings is 1. The molecule has 4 N–H and O–H groups in total. The Hall–Kier alpha value is -4.15. The highest BCUT2D eigenvalue weighted by atomic mass is 16.3. The molecule has 1 aromatic carbocycles. The predicted molar refractivity (Wildman–Crippen MR) is 108 cm³/mol. The maximum Gasteiger partial charge on any atom is 0.323 e. The second-order valence-electron chi connectivity index (χ2n) is 7.33. The number of carbonyl (C=O) groups excluding carboxylic acids is 2. The van der Waals surface area contributed by atoms with Crippen molar-refractivity contribution in [1.82, 2.24) is 24.6 Å². The second-order valence-corrected chi connectivity index (χ2v) is 7.33. The molecule has 0 aliphatic carbocycles. The summed E-state index contributed by atoms with van der Waals surface area (Å²) >= 11 is 0. The number of hydrogen-bond donors (Lipinski definition) is 4. The van der Waals surface area contributed by atoms with Crippen molar-refractivity contribution in [3.8, 4) is 0 Å². The van der Waals surface area contributed by atoms with Crippen LogP contribution in [0.3, 0.4) is 0 Å². The Kier molecular flexibility index (Phi) is 4.93. The minimum absolute atomic E-state index is 0.125. The number of fused-ring (bicyclic) bond motifs is 2. The first-order valence-corrected chi connectivity index (χ1v) is 9.48. The zero-order chi connectivity index (χ0) is 22.2. The Bertz CT molecular complexity index is 1210. The van der Waals surface area contributed by atoms with Crippen LogP contribution in [-0.2, 0) is 22.1 Å². The highest BCUT2D eigenvalue weighted by molar-refractivity contribution is 6.08. The van der Waals surface area contributed by atoms with Gasteiger partial charge in [0, 0.05) is 37.2 Å². The number of carbonyl (C=O) groups is 3. The molecule has 1 fully saturated rings. The standard InChI is InChI=1S/C19H18N6O3.CH2O2/c1-24-10-11(8-21-24)15-19(12-4-2-3-5-13(12)22-17(19)27)6-7-25(15)16(26)14-9-20-18(28)23-14;2-1-3/h2-5,8-10,15H,6-7H2,1H3,(H,22,27)(H2,20,23,28);1H,(H,2,3). The highest BCUT2D eigenvalue weighted by Crippen LogP contribution is 2.54. The first-order valence-electron chi connectivity index (χ1n) is 9.48. The minimum Gasteiger partial charge on any atom is -0.483 e. The molecule has 2 aliphatic heterocycles. The van der Waals surface area contributed by atoms with E-state index in [0.29, 0.717) is 13.0 Å². The molecule has 2 unspecified atom stereocenters. The van der Waals surface area contributed by atoms with Gasteiger partial charge in [0.05, 0.1) is 12.2 Å². The molecule has 160 valence electrons. The third kappa shape index (κ3) is 3.10. The molecular formula is C20H20N6O5. The van der Waals surface area contributed by atoms with Crippen molar-refractivity contribution in [2.24, 2.45) is 7.05 Å². The molecule has 0 bridgehead atoms. The average Bonchev–Trinajstić information content (AvgIpc) is 3.50. The van der Waals surface area contributed by atoms with Crippen LogP contribution < -0.4 is 11.0 Å². The van der Waals surface area contributed by atoms with E-state index in [-0.39, 0.29) is 24.0 Å². The smallest absolute Gasteiger partial charge is 0.323 e. The monoisotopic (exact) mass is 424 g/mol. The molecule has 5 rings (SSSR count). The molecule has 0 radical (unpaired) electrons. The van der Waals surface area contributed by atoms with Crippen LogP contribution in [-0.4, -0.2) is 54.6 Å². The largest absolute Gasteiger partial charge is 0.483 e. The van der Waals surface area contributed by atoms with E-state index in [1.807, 2.05) is 30.5 Å². The topological polar surface area (TPSA) is 153 Å². The lowest BCUT2D eigenvalue weighted by Crippen LogP contribution is -2.42. The fourth-order valence-corrected chi connectivity index (χ4v) is 4.55. The highest BCUT2D eigenvalue weighted by Gasteiger charge is 2.59. The van der Waals surface area contributed by atoms with Gasteiger partial charge in [0.1, 0.15) is 11.1 Å². The van der Waals surface area contributed by atoms with E-state index in [1.165, 1.54) is 6.20 Å². The van der Waals surface area contributed by atoms with Crippen LogP contribution in [0.15, 0.2) is 47.7 Å². The number of aromatic amines is 2. The van der Waals surface area contributed by atoms with Crippen LogP contribution in [0.4, 0.5) is 5.69 Å². The van der Waals surface area contributed by atoms with Crippen molar-refractivity contribution in [2.75, 3.05) is 11.9 Å². The molecular weight excluding hydrogens is 404 g/mol. The Morgan fingerprint density at radius 1 is 1.32 bits per heavy atom. The summed E-state index contributed by atoms with van der Waals surface area (Å²) in [7, 11) is 1.80. The molecule has 2 atom stereocenters. The number of H-pyrrole nitrogens is 2. The van der Waals surface area contributed by atoms with Gasteiger partial charge in [-0.1, -0.05) is 18.2 Å². The fraction of sp³-hybridized carbons (Fsp3) is 0.250. The van der Waals surface area contributed by atoms with E-state index in [9.17, 15) is 14.4 Å². The van der Waals surface area contributed by atoms with Crippen LogP contribution in [0.1, 0.15) is 34.1 Å². The van der Waals surface area contributed by atoms with E-state index < -0.39 is 17.1 Å². The van der Waals surface area contributed by atoms with Crippen molar-refractivity contribution in [3.63, 3.8) is 0 Å². The maximum absolute atomic E-state index is 13.2. The number of likely N-dealkylation sites (tertiary alicyclic amines) is 1. The van der Waals surface area contributed by atoms with E-state index in [4.69, 9.17) is 9.90 Å². The first kappa shape index (κ1) is 20.1. The Labute approximate surface area is 175 Å². The van der Waals surface area contributed by atoms with Gasteiger partial charge in [0.25, 0.3) is 12.4 Å². The summed E-state index contributed by atoms with van der Waals surface area (Å²) in [4.78, 5) is 52.9. The van der Waals surface area contributed by atoms with Gasteiger partial charge in [-0.25, -0.2) is 4.79 Å². The molecule has 0 saturated carbocycles. The van der Waals surface area contributed by atoms with Gasteiger partial charge in [-0.15, -0.1) is 0 Å². The predicted octanol–water partition coefficient (Wildman–Crippen LogP) is 0.615. The summed E-state index contributed by atoms with van der Waals surface area (Å²) in [5.74, 6) is -0.457. The number of amides is 2. The van der Waals surface area contributed by atoms with Crippen molar-refractivity contribution < 1.29 is 19.5 Å². The number of benzene rings is 1. The summed E-state index contributed by atoms with van der Waals surface area (Å²) < 4.78 is 1.65. The molecule has 11 heteroatoms. The summed E-state index contributed by atoms with van der Waals surface area (Å²) in [5, 5.41) is 14.1. The van der Waals surface area contributed by atoms with Crippen LogP contribution in [0.5, 0.6) is 0 Å². The quantitative estimate of drug-likeness (QED) is 0.442. The molecule has 31 heavy (non-hydrogen) atoms. The van der Waals surface area contributed by atoms with E-state index in [2.05, 4.69) is 20.4 Å². The Morgan fingerprint density at radius 3 is 2.71 bits per heavy atom. The van der Waals surface area contributed by atoms with E-state index in [1.54, 1.807) is 22.8 Å². The van der Waals surface area contributed by atoms with Gasteiger partial charge < -0.3 is 25.3 Å². The zero-order valence-electron chi connectivity index (χ0n) is 16.5. The SMILES string of the molecule is Cn1cc(C2N(C(=O)c3c[nH]c(=O)[nH]3)CCC23C(=O)Nc2ccccc23)cn1.O=CO. The normalized spacial score (nSPS) is 21.4. The molecule has 1 spiro atoms. The summed E-state index contributed by atoms with van der Waals surface area (Å²) in [6.45, 7) is 0.132. The Balaban J connectivity index is 0.000000730. The van der Waals surface area contributed by atoms with Crippen LogP contribution >= 0.6 is 0 Å². The number of hydrogen-bond acceptors (Lipinski definition) is 5. The lowest BCUT2D eigenvalue weighted by atomic mass is 9.73. The third-order valence-electron chi connectivity index (χ3n) is 5.71. The van der Waals surface area contributed by atoms with Crippen molar-refractivity contribution >= 4 is 24.0 Å². The summed E-state index contributed by atoms with van der Waals surface area (Å²) in [5.41, 5.74) is 1.25. The fourth-order valence-electron chi connectivity index (χ4n) is 4.55. The van der Waals surface area contributed by atoms with Gasteiger partial charge in [0.2, 0.25) is 5.91 Å². The van der Waals surface area contributed by atoms with Crippen LogP contribution in [0.25, 0.3) is 0 Å². The molecule has 1 saturated heterocycles. The lowest BCUT2D eigenvalue weighted by molar-refractivity contribution is -0.123. The third-order valence-corrected chi connectivity index (χ3v) is 5.71. The van der Waals surface area contributed by atoms with Gasteiger partial charge in [-0.05, 0) is 18.1 Å². The molecule has 2 aromatic heterocycles. The lowest BCUT2D eigenvalue weighted by Gasteiger charge is -2.33. The minimum atomic E-state index is -0.897. The van der Waals surface area contributed by atoms with E-state index >= 15 is 0 Å². The Morgan fingerprint density at radius 2 is 2.06 bits per heavy atom. The van der Waals surface area contributed by atoms with Gasteiger partial charge in [0.15, 0.2) is 0 Å².